The van der Waals surface area contributed by atoms with Crippen LogP contribution in [0.25, 0.3) is 11.3 Å². The van der Waals surface area contributed by atoms with Crippen LogP contribution in [0.3, 0.4) is 0 Å². The van der Waals surface area contributed by atoms with Crippen LogP contribution in [0.1, 0.15) is 13.8 Å². The highest BCUT2D eigenvalue weighted by atomic mass is 35.5. The van der Waals surface area contributed by atoms with Crippen LogP contribution >= 0.6 is 22.9 Å². The van der Waals surface area contributed by atoms with Crippen molar-refractivity contribution < 1.29 is 4.79 Å². The van der Waals surface area contributed by atoms with Crippen LogP contribution in [0.15, 0.2) is 29.6 Å². The molecule has 0 radical (unpaired) electrons. The number of carbonyl (C=O) groups excluding carboxylic acids is 1. The first-order valence-electron chi connectivity index (χ1n) is 7.80. The average molecular weight is 350 g/mol. The standard InChI is InChI=1S/C17H20ClN3OS/c1-12(2)16(22)20-7-9-21(10-8-20)17-19-15(11-23-17)13-5-3-4-6-14(13)18/h3-6,11-12H,7-10H2,1-2H3. The van der Waals surface area contributed by atoms with Gasteiger partial charge in [0, 0.05) is 48.1 Å². The first kappa shape index (κ1) is 16.3. The third kappa shape index (κ3) is 3.51. The van der Waals surface area contributed by atoms with Gasteiger partial charge in [-0.2, -0.15) is 0 Å². The van der Waals surface area contributed by atoms with Crippen molar-refractivity contribution in [3.8, 4) is 11.3 Å². The van der Waals surface area contributed by atoms with Crippen molar-refractivity contribution in [1.29, 1.82) is 0 Å². The Morgan fingerprint density at radius 1 is 1.22 bits per heavy atom. The Bertz CT molecular complexity index is 693. The fourth-order valence-electron chi connectivity index (χ4n) is 2.69. The van der Waals surface area contributed by atoms with Crippen LogP contribution < -0.4 is 4.90 Å². The van der Waals surface area contributed by atoms with Crippen molar-refractivity contribution in [1.82, 2.24) is 9.88 Å². The molecule has 0 N–H and O–H groups in total. The number of aromatic nitrogens is 1. The summed E-state index contributed by atoms with van der Waals surface area (Å²) >= 11 is 7.87. The van der Waals surface area contributed by atoms with E-state index in [1.165, 1.54) is 0 Å². The van der Waals surface area contributed by atoms with Gasteiger partial charge in [-0.25, -0.2) is 4.98 Å². The Hall–Kier alpha value is -1.59. The number of rotatable bonds is 3. The summed E-state index contributed by atoms with van der Waals surface area (Å²) in [6.07, 6.45) is 0. The van der Waals surface area contributed by atoms with Gasteiger partial charge in [0.25, 0.3) is 0 Å². The van der Waals surface area contributed by atoms with Gasteiger partial charge in [0.1, 0.15) is 0 Å². The van der Waals surface area contributed by atoms with E-state index in [-0.39, 0.29) is 11.8 Å². The van der Waals surface area contributed by atoms with Crippen LogP contribution in [0.2, 0.25) is 5.02 Å². The van der Waals surface area contributed by atoms with E-state index in [9.17, 15) is 4.79 Å². The summed E-state index contributed by atoms with van der Waals surface area (Å²) < 4.78 is 0. The Labute approximate surface area is 145 Å². The zero-order valence-corrected chi connectivity index (χ0v) is 14.9. The van der Waals surface area contributed by atoms with Crippen molar-refractivity contribution in [2.75, 3.05) is 31.1 Å². The van der Waals surface area contributed by atoms with Crippen molar-refractivity contribution in [2.45, 2.75) is 13.8 Å². The number of anilines is 1. The van der Waals surface area contributed by atoms with Gasteiger partial charge in [0.15, 0.2) is 5.13 Å². The van der Waals surface area contributed by atoms with Gasteiger partial charge < -0.3 is 9.80 Å². The van der Waals surface area contributed by atoms with Crippen LogP contribution in [-0.4, -0.2) is 42.0 Å². The Morgan fingerprint density at radius 2 is 1.91 bits per heavy atom. The van der Waals surface area contributed by atoms with Crippen LogP contribution in [0, 0.1) is 5.92 Å². The fraction of sp³-hybridized carbons (Fsp3) is 0.412. The molecule has 3 rings (SSSR count). The van der Waals surface area contributed by atoms with Crippen molar-refractivity contribution in [2.24, 2.45) is 5.92 Å². The van der Waals surface area contributed by atoms with Crippen molar-refractivity contribution >= 4 is 34.0 Å². The lowest BCUT2D eigenvalue weighted by Crippen LogP contribution is -2.49. The summed E-state index contributed by atoms with van der Waals surface area (Å²) in [5, 5.41) is 3.76. The number of benzene rings is 1. The van der Waals surface area contributed by atoms with Crippen LogP contribution in [0.5, 0.6) is 0 Å². The van der Waals surface area contributed by atoms with Gasteiger partial charge in [-0.15, -0.1) is 11.3 Å². The predicted molar refractivity (Wildman–Crippen MR) is 96.2 cm³/mol. The monoisotopic (exact) mass is 349 g/mol. The first-order chi connectivity index (χ1) is 11.1. The minimum Gasteiger partial charge on any atom is -0.345 e. The molecule has 1 fully saturated rings. The third-order valence-electron chi connectivity index (χ3n) is 4.00. The minimum atomic E-state index is 0.0632. The first-order valence-corrected chi connectivity index (χ1v) is 9.06. The number of hydrogen-bond donors (Lipinski definition) is 0. The number of halogens is 1. The molecule has 0 unspecified atom stereocenters. The highest BCUT2D eigenvalue weighted by molar-refractivity contribution is 7.14. The molecule has 23 heavy (non-hydrogen) atoms. The molecular formula is C17H20ClN3OS. The summed E-state index contributed by atoms with van der Waals surface area (Å²) in [7, 11) is 0. The van der Waals surface area contributed by atoms with Crippen molar-refractivity contribution in [3.05, 3.63) is 34.7 Å². The summed E-state index contributed by atoms with van der Waals surface area (Å²) in [5.74, 6) is 0.300. The minimum absolute atomic E-state index is 0.0632. The molecule has 1 aromatic carbocycles. The maximum absolute atomic E-state index is 12.0. The van der Waals surface area contributed by atoms with Crippen LogP contribution in [0.4, 0.5) is 5.13 Å². The van der Waals surface area contributed by atoms with E-state index in [4.69, 9.17) is 16.6 Å². The summed E-state index contributed by atoms with van der Waals surface area (Å²) in [4.78, 5) is 21.0. The van der Waals surface area contributed by atoms with Gasteiger partial charge in [-0.3, -0.25) is 4.79 Å². The number of carbonyl (C=O) groups is 1. The molecule has 0 saturated carbocycles. The molecule has 0 atom stereocenters. The topological polar surface area (TPSA) is 36.4 Å². The highest BCUT2D eigenvalue weighted by Crippen LogP contribution is 2.32. The van der Waals surface area contributed by atoms with Gasteiger partial charge in [-0.05, 0) is 6.07 Å². The third-order valence-corrected chi connectivity index (χ3v) is 5.23. The normalized spacial score (nSPS) is 15.3. The van der Waals surface area contributed by atoms with E-state index in [1.54, 1.807) is 11.3 Å². The Morgan fingerprint density at radius 3 is 2.57 bits per heavy atom. The van der Waals surface area contributed by atoms with E-state index in [0.29, 0.717) is 0 Å². The molecule has 6 heteroatoms. The van der Waals surface area contributed by atoms with Gasteiger partial charge >= 0.3 is 0 Å². The van der Waals surface area contributed by atoms with E-state index >= 15 is 0 Å². The number of thiazole rings is 1. The van der Waals surface area contributed by atoms with E-state index in [1.807, 2.05) is 48.4 Å². The molecule has 0 spiro atoms. The zero-order valence-electron chi connectivity index (χ0n) is 13.3. The molecule has 122 valence electrons. The molecular weight excluding hydrogens is 330 g/mol. The lowest BCUT2D eigenvalue weighted by atomic mass is 10.1. The Kier molecular flexibility index (Phi) is 4.87. The number of piperazine rings is 1. The second kappa shape index (κ2) is 6.89. The lowest BCUT2D eigenvalue weighted by molar-refractivity contribution is -0.134. The number of hydrogen-bond acceptors (Lipinski definition) is 4. The maximum atomic E-state index is 12.0. The molecule has 1 amide bonds. The average Bonchev–Trinajstić information content (AvgIpc) is 3.04. The number of amides is 1. The molecule has 2 aromatic rings. The second-order valence-electron chi connectivity index (χ2n) is 5.96. The Balaban J connectivity index is 1.68. The van der Waals surface area contributed by atoms with Gasteiger partial charge in [0.2, 0.25) is 5.91 Å². The highest BCUT2D eigenvalue weighted by Gasteiger charge is 2.24. The fourth-order valence-corrected chi connectivity index (χ4v) is 3.80. The molecule has 1 aromatic heterocycles. The van der Waals surface area contributed by atoms with Crippen molar-refractivity contribution in [3.63, 3.8) is 0 Å². The predicted octanol–water partition coefficient (Wildman–Crippen LogP) is 3.77. The smallest absolute Gasteiger partial charge is 0.225 e. The number of nitrogens with zero attached hydrogens (tertiary/aromatic N) is 3. The van der Waals surface area contributed by atoms with Gasteiger partial charge in [0.05, 0.1) is 5.69 Å². The summed E-state index contributed by atoms with van der Waals surface area (Å²) in [6, 6.07) is 7.76. The van der Waals surface area contributed by atoms with Crippen LogP contribution in [-0.2, 0) is 4.79 Å². The SMILES string of the molecule is CC(C)C(=O)N1CCN(c2nc(-c3ccccc3Cl)cs2)CC1. The lowest BCUT2D eigenvalue weighted by Gasteiger charge is -2.35. The zero-order chi connectivity index (χ0) is 16.4. The van der Waals surface area contributed by atoms with E-state index < -0.39 is 0 Å². The maximum Gasteiger partial charge on any atom is 0.225 e. The summed E-state index contributed by atoms with van der Waals surface area (Å²) in [6.45, 7) is 7.08. The van der Waals surface area contributed by atoms with E-state index in [0.717, 1.165) is 47.6 Å². The second-order valence-corrected chi connectivity index (χ2v) is 7.21. The molecule has 0 aliphatic carbocycles. The molecule has 1 saturated heterocycles. The quantitative estimate of drug-likeness (QED) is 0.846. The molecule has 1 aliphatic heterocycles. The largest absolute Gasteiger partial charge is 0.345 e. The van der Waals surface area contributed by atoms with E-state index in [2.05, 4.69) is 4.90 Å². The molecule has 2 heterocycles. The summed E-state index contributed by atoms with van der Waals surface area (Å²) in [5.41, 5.74) is 1.88. The molecule has 0 bridgehead atoms. The molecule has 4 nitrogen and oxygen atoms in total. The van der Waals surface area contributed by atoms with Gasteiger partial charge in [-0.1, -0.05) is 43.6 Å². The molecule has 1 aliphatic rings.